The Morgan fingerprint density at radius 3 is 2.16 bits per heavy atom. The van der Waals surface area contributed by atoms with Crippen LogP contribution in [0.2, 0.25) is 0 Å². The van der Waals surface area contributed by atoms with Gasteiger partial charge in [-0.05, 0) is 62.4 Å². The van der Waals surface area contributed by atoms with Gasteiger partial charge in [0.25, 0.3) is 0 Å². The molecule has 1 N–H and O–H groups in total. The zero-order valence-electron chi connectivity index (χ0n) is 18.4. The Hall–Kier alpha value is -2.30. The fourth-order valence-corrected chi connectivity index (χ4v) is 8.27. The summed E-state index contributed by atoms with van der Waals surface area (Å²) in [6.07, 6.45) is -0.0360. The first-order valence-electron chi connectivity index (χ1n) is 10.3. The van der Waals surface area contributed by atoms with Crippen molar-refractivity contribution in [3.63, 3.8) is 0 Å². The van der Waals surface area contributed by atoms with E-state index in [9.17, 15) is 16.8 Å². The van der Waals surface area contributed by atoms with Crippen LogP contribution in [0.15, 0.2) is 53.4 Å². The summed E-state index contributed by atoms with van der Waals surface area (Å²) in [5.41, 5.74) is 0. The van der Waals surface area contributed by atoms with Crippen LogP contribution in [0.4, 0.5) is 0 Å². The van der Waals surface area contributed by atoms with Gasteiger partial charge in [0.15, 0.2) is 19.7 Å². The first-order valence-corrected chi connectivity index (χ1v) is 13.7. The summed E-state index contributed by atoms with van der Waals surface area (Å²) in [5.74, 6) is 1.27. The van der Waals surface area contributed by atoms with Crippen LogP contribution in [0.3, 0.4) is 0 Å². The van der Waals surface area contributed by atoms with E-state index >= 15 is 0 Å². The standard InChI is InChI=1S/C22H29NO7S2/c1-16(2)30-19-8-10-20(11-9-19)32(26,27)22-15-31(24,25)14-21(22)23-12-13-29-18-6-4-17(28-3)5-7-18/h4-11,16,21-23H,12-15H2,1-3H3/t21-,22-/m0/s1. The molecule has 0 saturated carbocycles. The maximum atomic E-state index is 13.2. The van der Waals surface area contributed by atoms with E-state index in [1.54, 1.807) is 43.5 Å². The molecule has 0 unspecified atom stereocenters. The van der Waals surface area contributed by atoms with Gasteiger partial charge in [-0.3, -0.25) is 0 Å². The van der Waals surface area contributed by atoms with Crippen LogP contribution in [0, 0.1) is 0 Å². The van der Waals surface area contributed by atoms with Crippen molar-refractivity contribution in [3.8, 4) is 17.2 Å². The van der Waals surface area contributed by atoms with E-state index in [-0.39, 0.29) is 23.4 Å². The molecule has 8 nitrogen and oxygen atoms in total. The van der Waals surface area contributed by atoms with E-state index in [1.165, 1.54) is 12.1 Å². The first kappa shape index (κ1) is 24.3. The molecule has 0 radical (unpaired) electrons. The molecule has 1 aliphatic rings. The minimum atomic E-state index is -3.85. The van der Waals surface area contributed by atoms with Gasteiger partial charge in [0.1, 0.15) is 23.9 Å². The topological polar surface area (TPSA) is 108 Å². The third-order valence-electron chi connectivity index (χ3n) is 5.06. The van der Waals surface area contributed by atoms with Gasteiger partial charge in [-0.15, -0.1) is 0 Å². The molecule has 0 aliphatic carbocycles. The summed E-state index contributed by atoms with van der Waals surface area (Å²) in [6.45, 7) is 4.32. The lowest BCUT2D eigenvalue weighted by molar-refractivity contribution is 0.242. The molecule has 0 spiro atoms. The van der Waals surface area contributed by atoms with E-state index in [4.69, 9.17) is 14.2 Å². The minimum absolute atomic E-state index is 0.0360. The van der Waals surface area contributed by atoms with Crippen molar-refractivity contribution in [1.29, 1.82) is 0 Å². The van der Waals surface area contributed by atoms with E-state index in [0.29, 0.717) is 23.8 Å². The molecule has 2 aromatic carbocycles. The fourth-order valence-electron chi connectivity index (χ4n) is 3.55. The molecule has 1 aliphatic heterocycles. The molecule has 1 fully saturated rings. The van der Waals surface area contributed by atoms with Crippen LogP contribution < -0.4 is 19.5 Å². The monoisotopic (exact) mass is 483 g/mol. The number of hydrogen-bond donors (Lipinski definition) is 1. The normalized spacial score (nSPS) is 20.2. The Morgan fingerprint density at radius 1 is 0.969 bits per heavy atom. The lowest BCUT2D eigenvalue weighted by Gasteiger charge is -2.20. The highest BCUT2D eigenvalue weighted by Gasteiger charge is 2.45. The second kappa shape index (κ2) is 10.1. The van der Waals surface area contributed by atoms with Gasteiger partial charge in [0.05, 0.1) is 34.9 Å². The second-order valence-electron chi connectivity index (χ2n) is 7.88. The van der Waals surface area contributed by atoms with Crippen LogP contribution in [0.25, 0.3) is 0 Å². The molecule has 32 heavy (non-hydrogen) atoms. The Balaban J connectivity index is 1.64. The average molecular weight is 484 g/mol. The van der Waals surface area contributed by atoms with Crippen molar-refractivity contribution in [2.75, 3.05) is 31.8 Å². The number of benzene rings is 2. The van der Waals surface area contributed by atoms with Crippen LogP contribution in [0.1, 0.15) is 13.8 Å². The first-order chi connectivity index (χ1) is 15.1. The van der Waals surface area contributed by atoms with E-state index < -0.39 is 36.7 Å². The van der Waals surface area contributed by atoms with E-state index in [1.807, 2.05) is 13.8 Å². The molecule has 0 aromatic heterocycles. The van der Waals surface area contributed by atoms with Crippen molar-refractivity contribution in [2.24, 2.45) is 0 Å². The third-order valence-corrected chi connectivity index (χ3v) is 9.23. The van der Waals surface area contributed by atoms with Crippen molar-refractivity contribution in [3.05, 3.63) is 48.5 Å². The lowest BCUT2D eigenvalue weighted by Crippen LogP contribution is -2.44. The van der Waals surface area contributed by atoms with Crippen molar-refractivity contribution < 1.29 is 31.0 Å². The molecule has 176 valence electrons. The van der Waals surface area contributed by atoms with Crippen molar-refractivity contribution in [2.45, 2.75) is 36.1 Å². The van der Waals surface area contributed by atoms with Gasteiger partial charge < -0.3 is 19.5 Å². The summed E-state index contributed by atoms with van der Waals surface area (Å²) in [7, 11) is -5.75. The number of hydrogen-bond acceptors (Lipinski definition) is 8. The highest BCUT2D eigenvalue weighted by molar-refractivity contribution is 7.96. The zero-order valence-corrected chi connectivity index (χ0v) is 20.0. The predicted octanol–water partition coefficient (Wildman–Crippen LogP) is 2.09. The van der Waals surface area contributed by atoms with Crippen LogP contribution >= 0.6 is 0 Å². The van der Waals surface area contributed by atoms with Gasteiger partial charge >= 0.3 is 0 Å². The average Bonchev–Trinajstić information content (AvgIpc) is 3.07. The minimum Gasteiger partial charge on any atom is -0.497 e. The second-order valence-corrected chi connectivity index (χ2v) is 12.2. The van der Waals surface area contributed by atoms with Gasteiger partial charge in [-0.25, -0.2) is 16.8 Å². The Morgan fingerprint density at radius 2 is 1.56 bits per heavy atom. The van der Waals surface area contributed by atoms with Crippen LogP contribution in [0.5, 0.6) is 17.2 Å². The fraction of sp³-hybridized carbons (Fsp3) is 0.455. The van der Waals surface area contributed by atoms with Crippen molar-refractivity contribution >= 4 is 19.7 Å². The molecule has 1 heterocycles. The Kier molecular flexibility index (Phi) is 7.68. The van der Waals surface area contributed by atoms with E-state index in [2.05, 4.69) is 5.32 Å². The van der Waals surface area contributed by atoms with Gasteiger partial charge in [0.2, 0.25) is 0 Å². The zero-order chi connectivity index (χ0) is 23.4. The molecule has 0 amide bonds. The van der Waals surface area contributed by atoms with Crippen molar-refractivity contribution in [1.82, 2.24) is 5.32 Å². The molecule has 1 saturated heterocycles. The highest BCUT2D eigenvalue weighted by atomic mass is 32.2. The summed E-state index contributed by atoms with van der Waals surface area (Å²) in [5, 5.41) is 2.00. The smallest absolute Gasteiger partial charge is 0.183 e. The summed E-state index contributed by atoms with van der Waals surface area (Å²) < 4.78 is 67.2. The summed E-state index contributed by atoms with van der Waals surface area (Å²) in [4.78, 5) is 0.0805. The maximum Gasteiger partial charge on any atom is 0.183 e. The predicted molar refractivity (Wildman–Crippen MR) is 122 cm³/mol. The quantitative estimate of drug-likeness (QED) is 0.512. The molecule has 10 heteroatoms. The van der Waals surface area contributed by atoms with E-state index in [0.717, 1.165) is 0 Å². The Bertz CT molecular complexity index is 1100. The largest absolute Gasteiger partial charge is 0.497 e. The van der Waals surface area contributed by atoms with Crippen LogP contribution in [-0.2, 0) is 19.7 Å². The third kappa shape index (κ3) is 6.14. The van der Waals surface area contributed by atoms with Gasteiger partial charge in [0, 0.05) is 12.6 Å². The lowest BCUT2D eigenvalue weighted by atomic mass is 10.2. The molecular formula is C22H29NO7S2. The van der Waals surface area contributed by atoms with Crippen LogP contribution in [-0.4, -0.2) is 66.0 Å². The highest BCUT2D eigenvalue weighted by Crippen LogP contribution is 2.27. The molecule has 3 rings (SSSR count). The molecular weight excluding hydrogens is 454 g/mol. The molecule has 2 aromatic rings. The van der Waals surface area contributed by atoms with Gasteiger partial charge in [-0.1, -0.05) is 0 Å². The number of sulfone groups is 2. The van der Waals surface area contributed by atoms with Gasteiger partial charge in [-0.2, -0.15) is 0 Å². The number of nitrogens with one attached hydrogen (secondary N) is 1. The summed E-state index contributed by atoms with van der Waals surface area (Å²) >= 11 is 0. The Labute approximate surface area is 189 Å². The number of rotatable bonds is 10. The molecule has 2 atom stereocenters. The number of methoxy groups -OCH3 is 1. The number of ether oxygens (including phenoxy) is 3. The molecule has 0 bridgehead atoms. The maximum absolute atomic E-state index is 13.2. The summed E-state index contributed by atoms with van der Waals surface area (Å²) in [6, 6.07) is 12.4. The SMILES string of the molecule is COc1ccc(OCCN[C@H]2CS(=O)(=O)C[C@@H]2S(=O)(=O)c2ccc(OC(C)C)cc2)cc1.